The molecule has 0 aliphatic carbocycles. The van der Waals surface area contributed by atoms with Crippen molar-refractivity contribution in [1.29, 1.82) is 0 Å². The fourth-order valence-corrected chi connectivity index (χ4v) is 3.36. The number of nitrogens with one attached hydrogen (secondary N) is 1. The van der Waals surface area contributed by atoms with Gasteiger partial charge in [-0.05, 0) is 31.2 Å². The van der Waals surface area contributed by atoms with Gasteiger partial charge in [0.1, 0.15) is 0 Å². The number of benzene rings is 1. The molecule has 0 aromatic heterocycles. The summed E-state index contributed by atoms with van der Waals surface area (Å²) in [5.41, 5.74) is 6.59. The van der Waals surface area contributed by atoms with E-state index in [0.29, 0.717) is 19.0 Å². The Kier molecular flexibility index (Phi) is 6.37. The van der Waals surface area contributed by atoms with Crippen molar-refractivity contribution in [3.63, 3.8) is 0 Å². The molecule has 1 saturated heterocycles. The first-order chi connectivity index (χ1) is 11.4. The van der Waals surface area contributed by atoms with Gasteiger partial charge in [0.2, 0.25) is 11.8 Å². The molecule has 5 heteroatoms. The molecular formula is C19H29N3O2. The second kappa shape index (κ2) is 8.29. The van der Waals surface area contributed by atoms with Gasteiger partial charge >= 0.3 is 0 Å². The number of carbonyl (C=O) groups excluding carboxylic acids is 2. The van der Waals surface area contributed by atoms with Gasteiger partial charge in [0.15, 0.2) is 0 Å². The number of hydrogen-bond donors (Lipinski definition) is 2. The van der Waals surface area contributed by atoms with Gasteiger partial charge in [0, 0.05) is 19.1 Å². The maximum absolute atomic E-state index is 12.8. The molecule has 0 saturated carbocycles. The zero-order chi connectivity index (χ0) is 17.7. The maximum Gasteiger partial charge on any atom is 0.239 e. The van der Waals surface area contributed by atoms with Crippen LogP contribution in [0, 0.1) is 11.8 Å². The molecule has 1 fully saturated rings. The molecule has 5 nitrogen and oxygen atoms in total. The zero-order valence-electron chi connectivity index (χ0n) is 14.9. The van der Waals surface area contributed by atoms with Crippen LogP contribution in [-0.4, -0.2) is 35.8 Å². The van der Waals surface area contributed by atoms with Gasteiger partial charge in [-0.2, -0.15) is 0 Å². The topological polar surface area (TPSA) is 75.4 Å². The van der Waals surface area contributed by atoms with Gasteiger partial charge in [-0.15, -0.1) is 0 Å². The molecule has 2 rings (SSSR count). The van der Waals surface area contributed by atoms with Crippen LogP contribution in [0.2, 0.25) is 0 Å². The lowest BCUT2D eigenvalue weighted by molar-refractivity contribution is -0.136. The Hall–Kier alpha value is -1.88. The molecule has 0 bridgehead atoms. The lowest BCUT2D eigenvalue weighted by Gasteiger charge is -2.35. The van der Waals surface area contributed by atoms with Crippen molar-refractivity contribution in [1.82, 2.24) is 10.2 Å². The van der Waals surface area contributed by atoms with E-state index in [1.54, 1.807) is 4.90 Å². The van der Waals surface area contributed by atoms with E-state index in [9.17, 15) is 9.59 Å². The molecule has 1 aromatic carbocycles. The third-order valence-electron chi connectivity index (χ3n) is 4.76. The first kappa shape index (κ1) is 18.5. The summed E-state index contributed by atoms with van der Waals surface area (Å²) in [5, 5.41) is 3.47. The van der Waals surface area contributed by atoms with Crippen LogP contribution < -0.4 is 11.1 Å². The molecule has 0 radical (unpaired) electrons. The predicted octanol–water partition coefficient (Wildman–Crippen LogP) is 2.09. The van der Waals surface area contributed by atoms with Crippen LogP contribution in [0.5, 0.6) is 0 Å². The van der Waals surface area contributed by atoms with Gasteiger partial charge in [0.25, 0.3) is 0 Å². The molecule has 0 spiro atoms. The summed E-state index contributed by atoms with van der Waals surface area (Å²) < 4.78 is 0. The number of primary amides is 1. The number of nitrogens with two attached hydrogens (primary N) is 1. The molecule has 1 aliphatic heterocycles. The van der Waals surface area contributed by atoms with Crippen molar-refractivity contribution >= 4 is 11.8 Å². The van der Waals surface area contributed by atoms with Gasteiger partial charge in [0.05, 0.1) is 12.0 Å². The van der Waals surface area contributed by atoms with E-state index in [2.05, 4.69) is 31.3 Å². The van der Waals surface area contributed by atoms with E-state index in [0.717, 1.165) is 12.8 Å². The summed E-state index contributed by atoms with van der Waals surface area (Å²) in [7, 11) is 0. The largest absolute Gasteiger partial charge is 0.369 e. The molecule has 3 N–H and O–H groups in total. The lowest BCUT2D eigenvalue weighted by Crippen LogP contribution is -2.51. The minimum atomic E-state index is -0.308. The summed E-state index contributed by atoms with van der Waals surface area (Å²) in [5.74, 6) is -0.118. The minimum absolute atomic E-state index is 0.0440. The first-order valence-corrected chi connectivity index (χ1v) is 8.79. The highest BCUT2D eigenvalue weighted by Gasteiger charge is 2.30. The summed E-state index contributed by atoms with van der Waals surface area (Å²) in [6, 6.07) is 10.00. The lowest BCUT2D eigenvalue weighted by atomic mass is 9.94. The number of carbonyl (C=O) groups is 2. The normalized spacial score (nSPS) is 20.7. The predicted molar refractivity (Wildman–Crippen MR) is 95.1 cm³/mol. The number of hydrogen-bond acceptors (Lipinski definition) is 3. The van der Waals surface area contributed by atoms with Gasteiger partial charge < -0.3 is 10.6 Å². The van der Waals surface area contributed by atoms with Crippen molar-refractivity contribution in [2.45, 2.75) is 45.7 Å². The quantitative estimate of drug-likeness (QED) is 0.838. The Morgan fingerprint density at radius 3 is 2.46 bits per heavy atom. The fourth-order valence-electron chi connectivity index (χ4n) is 3.36. The summed E-state index contributed by atoms with van der Waals surface area (Å²) in [6.07, 6.45) is 1.61. The molecule has 0 unspecified atom stereocenters. The third-order valence-corrected chi connectivity index (χ3v) is 4.76. The Morgan fingerprint density at radius 2 is 1.88 bits per heavy atom. The fraction of sp³-hybridized carbons (Fsp3) is 0.579. The second-order valence-corrected chi connectivity index (χ2v) is 7.05. The summed E-state index contributed by atoms with van der Waals surface area (Å²) in [6.45, 7) is 7.33. The molecule has 2 amide bonds. The number of piperidine rings is 1. The van der Waals surface area contributed by atoms with Crippen molar-refractivity contribution in [3.8, 4) is 0 Å². The molecule has 1 aromatic rings. The molecular weight excluding hydrogens is 302 g/mol. The number of rotatable bonds is 6. The SMILES string of the molecule is CC(C)[C@@H](N[C@@H](C)C(=O)N1CCC[C@H](C(N)=O)C1)c1ccccc1. The number of nitrogens with zero attached hydrogens (tertiary/aromatic N) is 1. The van der Waals surface area contributed by atoms with E-state index in [-0.39, 0.29) is 29.8 Å². The summed E-state index contributed by atoms with van der Waals surface area (Å²) >= 11 is 0. The van der Waals surface area contributed by atoms with Crippen LogP contribution in [0.1, 0.15) is 45.2 Å². The van der Waals surface area contributed by atoms with Crippen LogP contribution in [0.4, 0.5) is 0 Å². The van der Waals surface area contributed by atoms with E-state index >= 15 is 0 Å². The molecule has 1 heterocycles. The Balaban J connectivity index is 2.02. The molecule has 3 atom stereocenters. The average Bonchev–Trinajstić information content (AvgIpc) is 2.59. The highest BCUT2D eigenvalue weighted by molar-refractivity contribution is 5.83. The van der Waals surface area contributed by atoms with E-state index in [1.165, 1.54) is 5.56 Å². The van der Waals surface area contributed by atoms with Crippen LogP contribution in [0.15, 0.2) is 30.3 Å². The van der Waals surface area contributed by atoms with Gasteiger partial charge in [-0.25, -0.2) is 0 Å². The van der Waals surface area contributed by atoms with Crippen molar-refractivity contribution < 1.29 is 9.59 Å². The minimum Gasteiger partial charge on any atom is -0.369 e. The number of likely N-dealkylation sites (tertiary alicyclic amines) is 1. The van der Waals surface area contributed by atoms with Crippen LogP contribution in [0.25, 0.3) is 0 Å². The summed E-state index contributed by atoms with van der Waals surface area (Å²) in [4.78, 5) is 26.0. The van der Waals surface area contributed by atoms with Crippen molar-refractivity contribution in [2.24, 2.45) is 17.6 Å². The monoisotopic (exact) mass is 331 g/mol. The first-order valence-electron chi connectivity index (χ1n) is 8.79. The van der Waals surface area contributed by atoms with E-state index in [1.807, 2.05) is 25.1 Å². The molecule has 24 heavy (non-hydrogen) atoms. The second-order valence-electron chi connectivity index (χ2n) is 7.05. The van der Waals surface area contributed by atoms with Crippen LogP contribution in [-0.2, 0) is 9.59 Å². The highest BCUT2D eigenvalue weighted by Crippen LogP contribution is 2.23. The van der Waals surface area contributed by atoms with E-state index in [4.69, 9.17) is 5.73 Å². The third kappa shape index (κ3) is 4.57. The van der Waals surface area contributed by atoms with Gasteiger partial charge in [-0.1, -0.05) is 44.2 Å². The maximum atomic E-state index is 12.8. The van der Waals surface area contributed by atoms with Crippen LogP contribution >= 0.6 is 0 Å². The van der Waals surface area contributed by atoms with Crippen molar-refractivity contribution in [3.05, 3.63) is 35.9 Å². The Bertz CT molecular complexity index is 559. The van der Waals surface area contributed by atoms with Gasteiger partial charge in [-0.3, -0.25) is 14.9 Å². The molecule has 132 valence electrons. The van der Waals surface area contributed by atoms with E-state index < -0.39 is 0 Å². The molecule has 1 aliphatic rings. The zero-order valence-corrected chi connectivity index (χ0v) is 14.9. The Morgan fingerprint density at radius 1 is 1.21 bits per heavy atom. The standard InChI is InChI=1S/C19H29N3O2/c1-13(2)17(15-8-5-4-6-9-15)21-14(3)19(24)22-11-7-10-16(12-22)18(20)23/h4-6,8-9,13-14,16-17,21H,7,10-12H2,1-3H3,(H2,20,23)/t14-,16-,17+/m0/s1. The smallest absolute Gasteiger partial charge is 0.239 e. The number of amides is 2. The van der Waals surface area contributed by atoms with Crippen molar-refractivity contribution in [2.75, 3.05) is 13.1 Å². The highest BCUT2D eigenvalue weighted by atomic mass is 16.2. The Labute approximate surface area is 144 Å². The van der Waals surface area contributed by atoms with Crippen LogP contribution in [0.3, 0.4) is 0 Å². The average molecular weight is 331 g/mol.